The normalized spacial score (nSPS) is 18.6. The number of amides is 2. The Balaban J connectivity index is 0.00000442. The fourth-order valence-corrected chi connectivity index (χ4v) is 5.97. The van der Waals surface area contributed by atoms with Crippen LogP contribution in [0.15, 0.2) is 53.5 Å². The molecule has 1 fully saturated rings. The number of nitrogens with zero attached hydrogens (tertiary/aromatic N) is 2. The maximum atomic E-state index is 14.4. The molecule has 0 radical (unpaired) electrons. The average Bonchev–Trinajstić information content (AvgIpc) is 2.96. The molecular weight excluding hydrogens is 608 g/mol. The van der Waals surface area contributed by atoms with E-state index < -0.39 is 51.9 Å². The van der Waals surface area contributed by atoms with Crippen LogP contribution in [0.3, 0.4) is 0 Å². The Morgan fingerprint density at radius 1 is 1.14 bits per heavy atom. The number of aromatic carboxylic acids is 1. The van der Waals surface area contributed by atoms with E-state index in [1.807, 2.05) is 0 Å². The molecule has 5 rings (SSSR count). The van der Waals surface area contributed by atoms with Crippen LogP contribution in [0.1, 0.15) is 60.0 Å². The zero-order chi connectivity index (χ0) is 31.1. The number of aromatic nitrogens is 1. The van der Waals surface area contributed by atoms with Gasteiger partial charge < -0.3 is 29.4 Å². The van der Waals surface area contributed by atoms with E-state index >= 15 is 0 Å². The number of hydrogen-bond acceptors (Lipinski definition) is 7. The Labute approximate surface area is 278 Å². The van der Waals surface area contributed by atoms with Crippen molar-refractivity contribution in [2.75, 3.05) is 27.3 Å². The Kier molecular flexibility index (Phi) is 10.0. The van der Waals surface area contributed by atoms with Crippen molar-refractivity contribution in [2.24, 2.45) is 5.92 Å². The SMILES string of the molecule is COCC1CC2(C1)CN(C)C(=O)c1c(OC(=O)c3cccc(C(=O)O)c3)c(=O)c(C(=O)NCc3cccc(Cl)c3F)cn12.[NaH]. The van der Waals surface area contributed by atoms with Gasteiger partial charge in [0.25, 0.3) is 11.8 Å². The number of pyridine rings is 1. The Bertz CT molecular complexity index is 1720. The molecule has 11 nitrogen and oxygen atoms in total. The first-order chi connectivity index (χ1) is 20.5. The third-order valence-electron chi connectivity index (χ3n) is 7.75. The number of fused-ring (bicyclic) bond motifs is 2. The van der Waals surface area contributed by atoms with Gasteiger partial charge >= 0.3 is 41.5 Å². The van der Waals surface area contributed by atoms with Crippen LogP contribution in [0.25, 0.3) is 0 Å². The molecule has 1 aliphatic heterocycles. The van der Waals surface area contributed by atoms with Gasteiger partial charge in [-0.05, 0) is 43.0 Å². The van der Waals surface area contributed by atoms with Crippen LogP contribution in [-0.2, 0) is 16.8 Å². The number of nitrogens with one attached hydrogen (secondary N) is 1. The van der Waals surface area contributed by atoms with Crippen LogP contribution in [-0.4, -0.2) is 95.2 Å². The first-order valence-electron chi connectivity index (χ1n) is 13.3. The van der Waals surface area contributed by atoms with E-state index in [-0.39, 0.29) is 76.0 Å². The predicted molar refractivity (Wildman–Crippen MR) is 158 cm³/mol. The van der Waals surface area contributed by atoms with E-state index in [1.165, 1.54) is 52.1 Å². The molecule has 0 unspecified atom stereocenters. The summed E-state index contributed by atoms with van der Waals surface area (Å²) in [5.74, 6) is -5.12. The zero-order valence-corrected chi connectivity index (χ0v) is 23.9. The summed E-state index contributed by atoms with van der Waals surface area (Å²) < 4.78 is 26.8. The molecule has 2 heterocycles. The molecule has 0 atom stereocenters. The van der Waals surface area contributed by atoms with Crippen LogP contribution in [0.4, 0.5) is 4.39 Å². The molecule has 2 N–H and O–H groups in total. The van der Waals surface area contributed by atoms with Crippen molar-refractivity contribution in [2.45, 2.75) is 24.9 Å². The fraction of sp³-hybridized carbons (Fsp3) is 0.300. The number of methoxy groups -OCH3 is 1. The van der Waals surface area contributed by atoms with Crippen LogP contribution in [0.2, 0.25) is 5.02 Å². The van der Waals surface area contributed by atoms with Crippen molar-refractivity contribution in [1.29, 1.82) is 0 Å². The number of esters is 1. The van der Waals surface area contributed by atoms with Gasteiger partial charge in [-0.25, -0.2) is 14.0 Å². The Morgan fingerprint density at radius 3 is 2.50 bits per heavy atom. The van der Waals surface area contributed by atoms with Gasteiger partial charge in [0.1, 0.15) is 11.4 Å². The van der Waals surface area contributed by atoms with Gasteiger partial charge in [-0.1, -0.05) is 29.8 Å². The molecule has 1 spiro atoms. The molecule has 14 heteroatoms. The number of carboxylic acids is 1. The molecule has 1 saturated carbocycles. The van der Waals surface area contributed by atoms with Crippen LogP contribution < -0.4 is 15.5 Å². The van der Waals surface area contributed by atoms with Gasteiger partial charge in [0, 0.05) is 45.6 Å². The molecule has 1 aliphatic carbocycles. The second-order valence-corrected chi connectivity index (χ2v) is 11.1. The first-order valence-corrected chi connectivity index (χ1v) is 13.6. The summed E-state index contributed by atoms with van der Waals surface area (Å²) in [6.45, 7) is 0.437. The van der Waals surface area contributed by atoms with Crippen molar-refractivity contribution in [3.8, 4) is 5.75 Å². The van der Waals surface area contributed by atoms with E-state index in [0.717, 1.165) is 6.07 Å². The third-order valence-corrected chi connectivity index (χ3v) is 8.04. The molecule has 3 aromatic rings. The van der Waals surface area contributed by atoms with Gasteiger partial charge in [-0.15, -0.1) is 0 Å². The summed E-state index contributed by atoms with van der Waals surface area (Å²) in [6.07, 6.45) is 2.38. The molecule has 0 saturated heterocycles. The molecule has 2 aliphatic rings. The summed E-state index contributed by atoms with van der Waals surface area (Å²) in [5.41, 5.74) is -2.69. The monoisotopic (exact) mass is 635 g/mol. The predicted octanol–water partition coefficient (Wildman–Crippen LogP) is 2.68. The Hall–Kier alpha value is -3.55. The third kappa shape index (κ3) is 6.18. The van der Waals surface area contributed by atoms with Gasteiger partial charge in [0.15, 0.2) is 5.69 Å². The molecule has 226 valence electrons. The molecule has 1 aromatic heterocycles. The second kappa shape index (κ2) is 13.2. The van der Waals surface area contributed by atoms with Crippen molar-refractivity contribution < 1.29 is 38.1 Å². The van der Waals surface area contributed by atoms with E-state index in [2.05, 4.69) is 5.32 Å². The van der Waals surface area contributed by atoms with Crippen LogP contribution in [0, 0.1) is 11.7 Å². The van der Waals surface area contributed by atoms with E-state index in [0.29, 0.717) is 19.4 Å². The minimum absolute atomic E-state index is 0. The molecule has 2 amide bonds. The number of ether oxygens (including phenoxy) is 2. The van der Waals surface area contributed by atoms with Gasteiger partial charge in [0.2, 0.25) is 11.2 Å². The summed E-state index contributed by atoms with van der Waals surface area (Å²) in [5, 5.41) is 11.7. The second-order valence-electron chi connectivity index (χ2n) is 10.7. The number of likely N-dealkylation sites (N-methyl/N-ethyl adjacent to an activating group) is 1. The fourth-order valence-electron chi connectivity index (χ4n) is 5.77. The van der Waals surface area contributed by atoms with E-state index in [1.54, 1.807) is 14.2 Å². The van der Waals surface area contributed by atoms with Crippen molar-refractivity contribution >= 4 is 64.9 Å². The quantitative estimate of drug-likeness (QED) is 0.284. The number of benzene rings is 2. The van der Waals surface area contributed by atoms with E-state index in [9.17, 15) is 33.5 Å². The maximum absolute atomic E-state index is 14.4. The summed E-state index contributed by atoms with van der Waals surface area (Å²) in [4.78, 5) is 66.6. The summed E-state index contributed by atoms with van der Waals surface area (Å²) >= 11 is 5.84. The van der Waals surface area contributed by atoms with Crippen molar-refractivity contribution in [3.05, 3.63) is 97.7 Å². The number of rotatable bonds is 8. The molecule has 44 heavy (non-hydrogen) atoms. The van der Waals surface area contributed by atoms with Gasteiger partial charge in [-0.3, -0.25) is 14.4 Å². The zero-order valence-electron chi connectivity index (χ0n) is 23.2. The number of halogens is 2. The van der Waals surface area contributed by atoms with Crippen LogP contribution in [0.5, 0.6) is 5.75 Å². The summed E-state index contributed by atoms with van der Waals surface area (Å²) in [6, 6.07) is 9.27. The first kappa shape index (κ1) is 33.3. The standard InChI is InChI=1S/C30H27ClFN3O8.Na.H/c1-34-15-30(10-16(11-30)14-42-2)35-13-20(26(37)33-12-19-7-4-8-21(31)22(19)32)24(36)25(23(35)27(34)38)43-29(41)18-6-3-5-17(9-18)28(39)40;;/h3-9,13,16H,10-12,14-15H2,1-2H3,(H,33,37)(H,39,40);;. The number of hydrogen-bond donors (Lipinski definition) is 2. The average molecular weight is 636 g/mol. The van der Waals surface area contributed by atoms with E-state index in [4.69, 9.17) is 21.1 Å². The van der Waals surface area contributed by atoms with Gasteiger partial charge in [-0.2, -0.15) is 0 Å². The molecule has 0 bridgehead atoms. The number of carboxylic acid groups (broad SMARTS) is 1. The molecular formula is C30H28ClFN3NaO8. The summed E-state index contributed by atoms with van der Waals surface area (Å²) in [7, 11) is 3.14. The van der Waals surface area contributed by atoms with Gasteiger partial charge in [0.05, 0.1) is 21.7 Å². The van der Waals surface area contributed by atoms with Crippen LogP contribution >= 0.6 is 11.6 Å². The Morgan fingerprint density at radius 2 is 1.82 bits per heavy atom. The number of carbonyl (C=O) groups excluding carboxylic acids is 3. The minimum atomic E-state index is -1.28. The topological polar surface area (TPSA) is 144 Å². The van der Waals surface area contributed by atoms with Crippen molar-refractivity contribution in [1.82, 2.24) is 14.8 Å². The van der Waals surface area contributed by atoms with Crippen molar-refractivity contribution in [3.63, 3.8) is 0 Å². The molecule has 2 aromatic carbocycles. The number of carbonyl (C=O) groups is 4.